The number of carbonyl (C=O) groups excluding carboxylic acids is 1. The fourth-order valence-electron chi connectivity index (χ4n) is 1.80. The van der Waals surface area contributed by atoms with Crippen molar-refractivity contribution in [3.05, 3.63) is 47.5 Å². The third-order valence-electron chi connectivity index (χ3n) is 2.56. The summed E-state index contributed by atoms with van der Waals surface area (Å²) in [4.78, 5) is 10.8. The first-order valence-corrected chi connectivity index (χ1v) is 4.82. The van der Waals surface area contributed by atoms with Gasteiger partial charge < -0.3 is 0 Å². The maximum atomic E-state index is 10.8. The van der Waals surface area contributed by atoms with Crippen LogP contribution in [-0.2, 0) is 6.32 Å². The second kappa shape index (κ2) is 3.66. The Bertz CT molecular complexity index is 477. The molecule has 2 aromatic rings. The Morgan fingerprint density at radius 2 is 1.79 bits per heavy atom. The Balaban J connectivity index is 2.84. The van der Waals surface area contributed by atoms with Gasteiger partial charge in [-0.3, -0.25) is 4.79 Å². The lowest BCUT2D eigenvalue weighted by Gasteiger charge is -2.05. The lowest BCUT2D eigenvalue weighted by Crippen LogP contribution is -1.90. The van der Waals surface area contributed by atoms with Crippen LogP contribution in [0.4, 0.5) is 0 Å². The van der Waals surface area contributed by atoms with Crippen molar-refractivity contribution >= 4 is 24.9 Å². The quantitative estimate of drug-likeness (QED) is 0.511. The van der Waals surface area contributed by atoms with Gasteiger partial charge in [0.05, 0.1) is 0 Å². The molecule has 0 fully saturated rings. The van der Waals surface area contributed by atoms with Crippen molar-refractivity contribution < 1.29 is 4.79 Å². The molecule has 68 valence electrons. The van der Waals surface area contributed by atoms with Gasteiger partial charge in [-0.1, -0.05) is 42.7 Å². The molecule has 0 amide bonds. The van der Waals surface area contributed by atoms with Crippen molar-refractivity contribution in [3.8, 4) is 0 Å². The van der Waals surface area contributed by atoms with Crippen LogP contribution in [0.3, 0.4) is 0 Å². The second-order valence-electron chi connectivity index (χ2n) is 3.33. The third kappa shape index (κ3) is 1.33. The highest BCUT2D eigenvalue weighted by Gasteiger charge is 2.02. The molecule has 0 saturated carbocycles. The van der Waals surface area contributed by atoms with E-state index in [0.717, 1.165) is 23.6 Å². The van der Waals surface area contributed by atoms with Gasteiger partial charge in [-0.05, 0) is 16.3 Å². The van der Waals surface area contributed by atoms with E-state index in [4.69, 9.17) is 0 Å². The largest absolute Gasteiger partial charge is 0.298 e. The van der Waals surface area contributed by atoms with Gasteiger partial charge in [0, 0.05) is 5.56 Å². The molecule has 0 saturated heterocycles. The molecule has 0 N–H and O–H groups in total. The van der Waals surface area contributed by atoms with E-state index >= 15 is 0 Å². The van der Waals surface area contributed by atoms with E-state index in [9.17, 15) is 4.79 Å². The van der Waals surface area contributed by atoms with Crippen LogP contribution in [0.25, 0.3) is 10.8 Å². The van der Waals surface area contributed by atoms with Crippen LogP contribution in [-0.4, -0.2) is 14.1 Å². The molecule has 0 heterocycles. The fourth-order valence-corrected chi connectivity index (χ4v) is 1.80. The first kappa shape index (κ1) is 9.01. The highest BCUT2D eigenvalue weighted by atomic mass is 16.1. The summed E-state index contributed by atoms with van der Waals surface area (Å²) in [6, 6.07) is 12.0. The Morgan fingerprint density at radius 1 is 1.07 bits per heavy atom. The normalized spacial score (nSPS) is 10.3. The Labute approximate surface area is 84.2 Å². The van der Waals surface area contributed by atoms with Gasteiger partial charge in [0.1, 0.15) is 7.85 Å². The van der Waals surface area contributed by atoms with Crippen LogP contribution in [0, 0.1) is 0 Å². The summed E-state index contributed by atoms with van der Waals surface area (Å²) < 4.78 is 0. The molecule has 1 nitrogen and oxygen atoms in total. The molecule has 0 aliphatic rings. The van der Waals surface area contributed by atoms with Gasteiger partial charge in [0.25, 0.3) is 0 Å². The number of hydrogen-bond acceptors (Lipinski definition) is 1. The number of carbonyl (C=O) groups is 1. The molecule has 0 bridgehead atoms. The van der Waals surface area contributed by atoms with Crippen molar-refractivity contribution in [1.29, 1.82) is 0 Å². The summed E-state index contributed by atoms with van der Waals surface area (Å²) >= 11 is 0. The van der Waals surface area contributed by atoms with Crippen molar-refractivity contribution in [1.82, 2.24) is 0 Å². The Morgan fingerprint density at radius 3 is 2.43 bits per heavy atom. The summed E-state index contributed by atoms with van der Waals surface area (Å²) in [6.45, 7) is 0. The Kier molecular flexibility index (Phi) is 2.36. The third-order valence-corrected chi connectivity index (χ3v) is 2.56. The van der Waals surface area contributed by atoms with Crippen LogP contribution in [0.1, 0.15) is 15.9 Å². The van der Waals surface area contributed by atoms with E-state index in [2.05, 4.69) is 13.9 Å². The molecule has 0 aliphatic heterocycles. The van der Waals surface area contributed by atoms with Gasteiger partial charge >= 0.3 is 0 Å². The number of hydrogen-bond donors (Lipinski definition) is 0. The number of benzene rings is 2. The molecule has 0 spiro atoms. The summed E-state index contributed by atoms with van der Waals surface area (Å²) in [6.07, 6.45) is 1.92. The summed E-state index contributed by atoms with van der Waals surface area (Å²) in [5, 5.41) is 2.25. The van der Waals surface area contributed by atoms with Gasteiger partial charge in [0.2, 0.25) is 0 Å². The summed E-state index contributed by atoms with van der Waals surface area (Å²) in [5.74, 6) is 0. The van der Waals surface area contributed by atoms with Crippen molar-refractivity contribution in [3.63, 3.8) is 0 Å². The average molecular weight is 182 g/mol. The van der Waals surface area contributed by atoms with E-state index < -0.39 is 0 Å². The standard InChI is InChI=1S/C12H11BO/c13-7-9-5-6-10(8-14)12-4-2-1-3-11(9)12/h1-6,8H,7,13H2. The smallest absolute Gasteiger partial charge is 0.150 e. The van der Waals surface area contributed by atoms with Crippen LogP contribution in [0.5, 0.6) is 0 Å². The van der Waals surface area contributed by atoms with E-state index in [-0.39, 0.29) is 0 Å². The van der Waals surface area contributed by atoms with Crippen molar-refractivity contribution in [2.75, 3.05) is 0 Å². The topological polar surface area (TPSA) is 17.1 Å². The fraction of sp³-hybridized carbons (Fsp3) is 0.0833. The zero-order valence-electron chi connectivity index (χ0n) is 8.16. The zero-order chi connectivity index (χ0) is 9.97. The van der Waals surface area contributed by atoms with Gasteiger partial charge in [-0.2, -0.15) is 0 Å². The average Bonchev–Trinajstić information content (AvgIpc) is 2.27. The van der Waals surface area contributed by atoms with Crippen molar-refractivity contribution in [2.24, 2.45) is 0 Å². The van der Waals surface area contributed by atoms with E-state index in [1.807, 2.05) is 30.3 Å². The summed E-state index contributed by atoms with van der Waals surface area (Å²) in [5.41, 5.74) is 2.07. The summed E-state index contributed by atoms with van der Waals surface area (Å²) in [7, 11) is 2.13. The van der Waals surface area contributed by atoms with Gasteiger partial charge in [0.15, 0.2) is 6.29 Å². The van der Waals surface area contributed by atoms with E-state index in [0.29, 0.717) is 0 Å². The molecule has 0 unspecified atom stereocenters. The maximum Gasteiger partial charge on any atom is 0.150 e. The molecule has 2 aromatic carbocycles. The molecule has 2 rings (SSSR count). The monoisotopic (exact) mass is 182 g/mol. The second-order valence-corrected chi connectivity index (χ2v) is 3.33. The lowest BCUT2D eigenvalue weighted by atomic mass is 9.91. The van der Waals surface area contributed by atoms with Crippen LogP contribution >= 0.6 is 0 Å². The van der Waals surface area contributed by atoms with Gasteiger partial charge in [-0.15, -0.1) is 0 Å². The van der Waals surface area contributed by atoms with Crippen molar-refractivity contribution in [2.45, 2.75) is 6.32 Å². The first-order chi connectivity index (χ1) is 6.86. The zero-order valence-corrected chi connectivity index (χ0v) is 8.16. The van der Waals surface area contributed by atoms with Crippen LogP contribution < -0.4 is 0 Å². The predicted molar refractivity (Wildman–Crippen MR) is 61.6 cm³/mol. The Hall–Kier alpha value is -1.57. The molecule has 0 aliphatic carbocycles. The number of fused-ring (bicyclic) bond motifs is 1. The maximum absolute atomic E-state index is 10.8. The first-order valence-electron chi connectivity index (χ1n) is 4.82. The van der Waals surface area contributed by atoms with Crippen LogP contribution in [0.2, 0.25) is 0 Å². The minimum absolute atomic E-state index is 0.776. The number of rotatable bonds is 2. The molecule has 14 heavy (non-hydrogen) atoms. The number of aldehydes is 1. The minimum atomic E-state index is 0.776. The van der Waals surface area contributed by atoms with Crippen LogP contribution in [0.15, 0.2) is 36.4 Å². The molecule has 0 atom stereocenters. The minimum Gasteiger partial charge on any atom is -0.298 e. The van der Waals surface area contributed by atoms with E-state index in [1.54, 1.807) is 0 Å². The molecule has 0 aromatic heterocycles. The highest BCUT2D eigenvalue weighted by molar-refractivity contribution is 6.10. The molecular weight excluding hydrogens is 171 g/mol. The lowest BCUT2D eigenvalue weighted by molar-refractivity contribution is 0.112. The predicted octanol–water partition coefficient (Wildman–Crippen LogP) is 1.79. The van der Waals surface area contributed by atoms with Gasteiger partial charge in [-0.25, -0.2) is 0 Å². The SMILES string of the molecule is BCc1ccc(C=O)c2ccccc12. The van der Waals surface area contributed by atoms with E-state index in [1.165, 1.54) is 10.9 Å². The highest BCUT2D eigenvalue weighted by Crippen LogP contribution is 2.21. The molecule has 2 heteroatoms. The molecule has 0 radical (unpaired) electrons. The molecular formula is C12H11BO.